The van der Waals surface area contributed by atoms with Crippen molar-refractivity contribution in [1.82, 2.24) is 0 Å². The van der Waals surface area contributed by atoms with E-state index in [0.29, 0.717) is 6.42 Å². The van der Waals surface area contributed by atoms with Crippen molar-refractivity contribution in [3.05, 3.63) is 29.8 Å². The molecule has 1 rings (SSSR count). The second kappa shape index (κ2) is 7.88. The number of carbonyl (C=O) groups excluding carboxylic acids is 1. The third-order valence-electron chi connectivity index (χ3n) is 2.54. The summed E-state index contributed by atoms with van der Waals surface area (Å²) >= 11 is 0. The summed E-state index contributed by atoms with van der Waals surface area (Å²) in [4.78, 5) is 10.0. The van der Waals surface area contributed by atoms with Crippen molar-refractivity contribution in [3.63, 3.8) is 0 Å². The first-order valence-electron chi connectivity index (χ1n) is 6.33. The molecule has 0 bridgehead atoms. The van der Waals surface area contributed by atoms with Gasteiger partial charge in [0.05, 0.1) is 6.10 Å². The fourth-order valence-electron chi connectivity index (χ4n) is 1.71. The van der Waals surface area contributed by atoms with Gasteiger partial charge in [-0.3, -0.25) is 4.79 Å². The van der Waals surface area contributed by atoms with Gasteiger partial charge in [-0.05, 0) is 50.8 Å². The molecule has 1 radical (unpaired) electrons. The molecule has 0 fully saturated rings. The second-order valence-corrected chi connectivity index (χ2v) is 4.52. The first kappa shape index (κ1) is 13.8. The molecule has 0 amide bonds. The van der Waals surface area contributed by atoms with Gasteiger partial charge >= 0.3 is 0 Å². The maximum Gasteiger partial charge on any atom is 0.198 e. The maximum absolute atomic E-state index is 10.0. The fourth-order valence-corrected chi connectivity index (χ4v) is 1.71. The topological polar surface area (TPSA) is 26.3 Å². The van der Waals surface area contributed by atoms with Crippen LogP contribution in [-0.4, -0.2) is 12.4 Å². The summed E-state index contributed by atoms with van der Waals surface area (Å²) < 4.78 is 5.58. The molecule has 2 heteroatoms. The van der Waals surface area contributed by atoms with Crippen molar-refractivity contribution in [1.29, 1.82) is 0 Å². The largest absolute Gasteiger partial charge is 0.491 e. The molecule has 93 valence electrons. The van der Waals surface area contributed by atoms with Crippen molar-refractivity contribution in [2.75, 3.05) is 0 Å². The standard InChI is InChI=1S/C15H21O2/c1-13(2)17-15-10-8-14(9-11-15)7-5-3-4-6-12-16/h8-11,13H,3-7H2,1-2H3. The van der Waals surface area contributed by atoms with E-state index in [4.69, 9.17) is 4.74 Å². The first-order valence-corrected chi connectivity index (χ1v) is 6.33. The Hall–Kier alpha value is -1.31. The van der Waals surface area contributed by atoms with Gasteiger partial charge in [-0.1, -0.05) is 18.6 Å². The molecule has 0 unspecified atom stereocenters. The van der Waals surface area contributed by atoms with Crippen LogP contribution in [0.15, 0.2) is 24.3 Å². The summed E-state index contributed by atoms with van der Waals surface area (Å²) in [5, 5.41) is 0. The number of hydrogen-bond donors (Lipinski definition) is 0. The van der Waals surface area contributed by atoms with Crippen molar-refractivity contribution < 1.29 is 9.53 Å². The minimum absolute atomic E-state index is 0.223. The molecule has 1 aromatic rings. The van der Waals surface area contributed by atoms with Gasteiger partial charge in [-0.15, -0.1) is 0 Å². The summed E-state index contributed by atoms with van der Waals surface area (Å²) in [5.74, 6) is 0.930. The number of unbranched alkanes of at least 4 members (excludes halogenated alkanes) is 3. The highest BCUT2D eigenvalue weighted by molar-refractivity contribution is 5.50. The van der Waals surface area contributed by atoms with Crippen LogP contribution in [0.4, 0.5) is 0 Å². The van der Waals surface area contributed by atoms with Crippen LogP contribution in [0.2, 0.25) is 0 Å². The number of ether oxygens (including phenoxy) is 1. The van der Waals surface area contributed by atoms with Gasteiger partial charge in [-0.2, -0.15) is 0 Å². The highest BCUT2D eigenvalue weighted by atomic mass is 16.5. The highest BCUT2D eigenvalue weighted by Crippen LogP contribution is 2.15. The van der Waals surface area contributed by atoms with Crippen LogP contribution in [0.1, 0.15) is 45.1 Å². The minimum atomic E-state index is 0.223. The SMILES string of the molecule is CC(C)Oc1ccc(CCCCC[C]=O)cc1. The molecule has 0 aliphatic carbocycles. The molecule has 1 aromatic carbocycles. The molecule has 0 atom stereocenters. The van der Waals surface area contributed by atoms with Gasteiger partial charge in [-0.25, -0.2) is 0 Å². The van der Waals surface area contributed by atoms with Gasteiger partial charge in [0.15, 0.2) is 6.29 Å². The van der Waals surface area contributed by atoms with E-state index < -0.39 is 0 Å². The third-order valence-corrected chi connectivity index (χ3v) is 2.54. The van der Waals surface area contributed by atoms with E-state index in [9.17, 15) is 4.79 Å². The number of benzene rings is 1. The van der Waals surface area contributed by atoms with Crippen LogP contribution < -0.4 is 4.74 Å². The Balaban J connectivity index is 2.27. The van der Waals surface area contributed by atoms with Crippen LogP contribution >= 0.6 is 0 Å². The predicted molar refractivity (Wildman–Crippen MR) is 70.1 cm³/mol. The van der Waals surface area contributed by atoms with Gasteiger partial charge < -0.3 is 4.74 Å². The summed E-state index contributed by atoms with van der Waals surface area (Å²) in [6.07, 6.45) is 6.97. The molecule has 0 saturated carbocycles. The first-order chi connectivity index (χ1) is 8.22. The van der Waals surface area contributed by atoms with Gasteiger partial charge in [0.25, 0.3) is 0 Å². The monoisotopic (exact) mass is 233 g/mol. The molecule has 17 heavy (non-hydrogen) atoms. The molecule has 0 heterocycles. The number of rotatable bonds is 8. The molecule has 0 aliphatic rings. The fraction of sp³-hybridized carbons (Fsp3) is 0.533. The van der Waals surface area contributed by atoms with Crippen LogP contribution in [0.25, 0.3) is 0 Å². The Morgan fingerprint density at radius 3 is 2.41 bits per heavy atom. The van der Waals surface area contributed by atoms with E-state index in [2.05, 4.69) is 12.1 Å². The molecule has 0 N–H and O–H groups in total. The lowest BCUT2D eigenvalue weighted by atomic mass is 10.1. The van der Waals surface area contributed by atoms with Crippen molar-refractivity contribution in [2.45, 2.75) is 52.1 Å². The molecular weight excluding hydrogens is 212 g/mol. The Kier molecular flexibility index (Phi) is 6.38. The maximum atomic E-state index is 10.0. The minimum Gasteiger partial charge on any atom is -0.491 e. The Morgan fingerprint density at radius 1 is 1.12 bits per heavy atom. The lowest BCUT2D eigenvalue weighted by Gasteiger charge is -2.10. The normalized spacial score (nSPS) is 10.5. The van der Waals surface area contributed by atoms with Gasteiger partial charge in [0.2, 0.25) is 0 Å². The van der Waals surface area contributed by atoms with Gasteiger partial charge in [0, 0.05) is 6.42 Å². The van der Waals surface area contributed by atoms with E-state index in [0.717, 1.165) is 31.4 Å². The molecule has 0 saturated heterocycles. The van der Waals surface area contributed by atoms with E-state index >= 15 is 0 Å². The summed E-state index contributed by atoms with van der Waals surface area (Å²) in [7, 11) is 0. The molecule has 0 spiro atoms. The number of hydrogen-bond acceptors (Lipinski definition) is 2. The van der Waals surface area contributed by atoms with Crippen LogP contribution in [0.5, 0.6) is 5.75 Å². The Labute approximate surface area is 104 Å². The Bertz CT molecular complexity index is 314. The summed E-state index contributed by atoms with van der Waals surface area (Å²) in [6.45, 7) is 4.05. The van der Waals surface area contributed by atoms with Crippen molar-refractivity contribution >= 4 is 6.29 Å². The zero-order chi connectivity index (χ0) is 12.5. The van der Waals surface area contributed by atoms with E-state index in [-0.39, 0.29) is 6.10 Å². The zero-order valence-corrected chi connectivity index (χ0v) is 10.7. The van der Waals surface area contributed by atoms with E-state index in [1.807, 2.05) is 32.3 Å². The molecule has 0 aromatic heterocycles. The van der Waals surface area contributed by atoms with Gasteiger partial charge in [0.1, 0.15) is 5.75 Å². The van der Waals surface area contributed by atoms with Crippen LogP contribution in [-0.2, 0) is 11.2 Å². The van der Waals surface area contributed by atoms with Crippen molar-refractivity contribution in [3.8, 4) is 5.75 Å². The van der Waals surface area contributed by atoms with E-state index in [1.54, 1.807) is 0 Å². The van der Waals surface area contributed by atoms with Crippen LogP contribution in [0, 0.1) is 0 Å². The lowest BCUT2D eigenvalue weighted by Crippen LogP contribution is -2.05. The lowest BCUT2D eigenvalue weighted by molar-refractivity contribution is 0.242. The number of aryl methyl sites for hydroxylation is 1. The molecule has 0 aliphatic heterocycles. The van der Waals surface area contributed by atoms with Crippen molar-refractivity contribution in [2.24, 2.45) is 0 Å². The molecule has 2 nitrogen and oxygen atoms in total. The van der Waals surface area contributed by atoms with Crippen LogP contribution in [0.3, 0.4) is 0 Å². The summed E-state index contributed by atoms with van der Waals surface area (Å²) in [5.41, 5.74) is 1.33. The molecular formula is C15H21O2. The third kappa shape index (κ3) is 6.10. The Morgan fingerprint density at radius 2 is 1.82 bits per heavy atom. The predicted octanol–water partition coefficient (Wildman–Crippen LogP) is 3.69. The van der Waals surface area contributed by atoms with E-state index in [1.165, 1.54) is 5.56 Å². The zero-order valence-electron chi connectivity index (χ0n) is 10.7. The summed E-state index contributed by atoms with van der Waals surface area (Å²) in [6, 6.07) is 8.27. The average Bonchev–Trinajstić information content (AvgIpc) is 2.30. The second-order valence-electron chi connectivity index (χ2n) is 4.52. The smallest absolute Gasteiger partial charge is 0.198 e. The highest BCUT2D eigenvalue weighted by Gasteiger charge is 1.98. The quantitative estimate of drug-likeness (QED) is 0.640. The average molecular weight is 233 g/mol.